The minimum atomic E-state index is 0.00116. The molecule has 2 nitrogen and oxygen atoms in total. The van der Waals surface area contributed by atoms with E-state index in [4.69, 9.17) is 9.47 Å². The van der Waals surface area contributed by atoms with Crippen molar-refractivity contribution in [3.05, 3.63) is 0 Å². The molecule has 0 saturated carbocycles. The molecule has 54 valence electrons. The molecule has 1 saturated heterocycles. The average molecular weight is 130 g/mol. The Morgan fingerprint density at radius 3 is 2.56 bits per heavy atom. The van der Waals surface area contributed by atoms with Crippen LogP contribution in [0.3, 0.4) is 0 Å². The second kappa shape index (κ2) is 2.27. The number of epoxide rings is 1. The van der Waals surface area contributed by atoms with E-state index in [-0.39, 0.29) is 5.60 Å². The molecule has 1 heterocycles. The molecule has 0 aromatic carbocycles. The van der Waals surface area contributed by atoms with E-state index in [9.17, 15) is 0 Å². The van der Waals surface area contributed by atoms with Gasteiger partial charge in [-0.1, -0.05) is 0 Å². The van der Waals surface area contributed by atoms with Crippen LogP contribution in [0, 0.1) is 0 Å². The molecular formula is C7H14O2. The molecule has 1 unspecified atom stereocenters. The summed E-state index contributed by atoms with van der Waals surface area (Å²) in [6.45, 7) is 5.08. The highest BCUT2D eigenvalue weighted by Gasteiger charge is 2.30. The Balaban J connectivity index is 2.21. The van der Waals surface area contributed by atoms with Crippen LogP contribution in [0.4, 0.5) is 0 Å². The van der Waals surface area contributed by atoms with Crippen molar-refractivity contribution in [1.29, 1.82) is 0 Å². The van der Waals surface area contributed by atoms with Crippen LogP contribution in [0.1, 0.15) is 20.3 Å². The first-order chi connectivity index (χ1) is 4.14. The molecular weight excluding hydrogens is 116 g/mol. The maximum Gasteiger partial charge on any atom is 0.0837 e. The fourth-order valence-electron chi connectivity index (χ4n) is 0.818. The number of ether oxygens (including phenoxy) is 2. The third-order valence-electron chi connectivity index (χ3n) is 1.67. The highest BCUT2D eigenvalue weighted by atomic mass is 16.6. The zero-order valence-electron chi connectivity index (χ0n) is 6.31. The predicted molar refractivity (Wildman–Crippen MR) is 35.4 cm³/mol. The first kappa shape index (κ1) is 7.03. The van der Waals surface area contributed by atoms with Gasteiger partial charge in [0.25, 0.3) is 0 Å². The quantitative estimate of drug-likeness (QED) is 0.535. The lowest BCUT2D eigenvalue weighted by Gasteiger charge is -2.21. The molecule has 2 heteroatoms. The zero-order valence-corrected chi connectivity index (χ0v) is 6.31. The Hall–Kier alpha value is -0.0800. The number of hydrogen-bond acceptors (Lipinski definition) is 2. The smallest absolute Gasteiger partial charge is 0.0837 e. The molecule has 1 rings (SSSR count). The minimum absolute atomic E-state index is 0.00116. The summed E-state index contributed by atoms with van der Waals surface area (Å²) in [6.07, 6.45) is 1.49. The second-order valence-electron chi connectivity index (χ2n) is 3.12. The van der Waals surface area contributed by atoms with E-state index in [0.717, 1.165) is 13.0 Å². The van der Waals surface area contributed by atoms with Crippen molar-refractivity contribution in [2.24, 2.45) is 0 Å². The average Bonchev–Trinajstić information content (AvgIpc) is 2.50. The van der Waals surface area contributed by atoms with Crippen molar-refractivity contribution >= 4 is 0 Å². The van der Waals surface area contributed by atoms with Crippen LogP contribution in [-0.4, -0.2) is 25.4 Å². The van der Waals surface area contributed by atoms with Crippen LogP contribution >= 0.6 is 0 Å². The van der Waals surface area contributed by atoms with Gasteiger partial charge in [0.05, 0.1) is 18.3 Å². The number of methoxy groups -OCH3 is 1. The lowest BCUT2D eigenvalue weighted by Crippen LogP contribution is -2.24. The van der Waals surface area contributed by atoms with Gasteiger partial charge in [-0.3, -0.25) is 0 Å². The summed E-state index contributed by atoms with van der Waals surface area (Å²) in [7, 11) is 1.74. The molecule has 1 aliphatic heterocycles. The first-order valence-electron chi connectivity index (χ1n) is 3.31. The molecule has 0 aromatic rings. The first-order valence-corrected chi connectivity index (χ1v) is 3.31. The van der Waals surface area contributed by atoms with Gasteiger partial charge in [-0.25, -0.2) is 0 Å². The van der Waals surface area contributed by atoms with Crippen molar-refractivity contribution in [3.63, 3.8) is 0 Å². The standard InChI is InChI=1S/C7H14O2/c1-7(2,8-3)4-6-5-9-6/h6H,4-5H2,1-3H3. The topological polar surface area (TPSA) is 21.8 Å². The van der Waals surface area contributed by atoms with E-state index in [2.05, 4.69) is 13.8 Å². The molecule has 0 aliphatic carbocycles. The lowest BCUT2D eigenvalue weighted by atomic mass is 10.0. The maximum atomic E-state index is 5.21. The van der Waals surface area contributed by atoms with Gasteiger partial charge in [0.2, 0.25) is 0 Å². The minimum Gasteiger partial charge on any atom is -0.379 e. The van der Waals surface area contributed by atoms with E-state index in [0.29, 0.717) is 6.10 Å². The Bertz CT molecular complexity index is 95.1. The number of rotatable bonds is 3. The van der Waals surface area contributed by atoms with E-state index in [1.54, 1.807) is 7.11 Å². The van der Waals surface area contributed by atoms with E-state index in [1.165, 1.54) is 0 Å². The molecule has 0 aromatic heterocycles. The molecule has 1 atom stereocenters. The highest BCUT2D eigenvalue weighted by Crippen LogP contribution is 2.23. The molecule has 0 N–H and O–H groups in total. The molecule has 9 heavy (non-hydrogen) atoms. The van der Waals surface area contributed by atoms with Gasteiger partial charge >= 0.3 is 0 Å². The summed E-state index contributed by atoms with van der Waals surface area (Å²) in [6, 6.07) is 0. The summed E-state index contributed by atoms with van der Waals surface area (Å²) in [5.41, 5.74) is 0.00116. The molecule has 0 spiro atoms. The Morgan fingerprint density at radius 1 is 1.67 bits per heavy atom. The van der Waals surface area contributed by atoms with Gasteiger partial charge in [-0.2, -0.15) is 0 Å². The largest absolute Gasteiger partial charge is 0.379 e. The van der Waals surface area contributed by atoms with Crippen LogP contribution in [0.25, 0.3) is 0 Å². The Labute approximate surface area is 56.2 Å². The molecule has 0 amide bonds. The van der Waals surface area contributed by atoms with E-state index >= 15 is 0 Å². The van der Waals surface area contributed by atoms with Crippen LogP contribution in [0.5, 0.6) is 0 Å². The fraction of sp³-hybridized carbons (Fsp3) is 1.00. The van der Waals surface area contributed by atoms with Crippen molar-refractivity contribution in [3.8, 4) is 0 Å². The van der Waals surface area contributed by atoms with Gasteiger partial charge in [0.1, 0.15) is 0 Å². The van der Waals surface area contributed by atoms with Crippen molar-refractivity contribution in [2.45, 2.75) is 32.0 Å². The summed E-state index contributed by atoms with van der Waals surface area (Å²) < 4.78 is 10.3. The molecule has 0 radical (unpaired) electrons. The van der Waals surface area contributed by atoms with E-state index < -0.39 is 0 Å². The summed E-state index contributed by atoms with van der Waals surface area (Å²) in [4.78, 5) is 0. The van der Waals surface area contributed by atoms with Gasteiger partial charge < -0.3 is 9.47 Å². The third kappa shape index (κ3) is 2.33. The van der Waals surface area contributed by atoms with Gasteiger partial charge in [-0.15, -0.1) is 0 Å². The van der Waals surface area contributed by atoms with Crippen LogP contribution < -0.4 is 0 Å². The van der Waals surface area contributed by atoms with Gasteiger partial charge in [0, 0.05) is 13.5 Å². The number of hydrogen-bond donors (Lipinski definition) is 0. The Morgan fingerprint density at radius 2 is 2.22 bits per heavy atom. The van der Waals surface area contributed by atoms with Crippen LogP contribution in [-0.2, 0) is 9.47 Å². The second-order valence-corrected chi connectivity index (χ2v) is 3.12. The normalized spacial score (nSPS) is 26.3. The monoisotopic (exact) mass is 130 g/mol. The zero-order chi connectivity index (χ0) is 6.91. The third-order valence-corrected chi connectivity index (χ3v) is 1.67. The van der Waals surface area contributed by atoms with Crippen LogP contribution in [0.2, 0.25) is 0 Å². The maximum absolute atomic E-state index is 5.21. The summed E-state index contributed by atoms with van der Waals surface area (Å²) in [5, 5.41) is 0. The molecule has 0 bridgehead atoms. The van der Waals surface area contributed by atoms with Gasteiger partial charge in [-0.05, 0) is 13.8 Å². The summed E-state index contributed by atoms with van der Waals surface area (Å²) in [5.74, 6) is 0. The molecule has 1 aliphatic rings. The van der Waals surface area contributed by atoms with Crippen molar-refractivity contribution in [1.82, 2.24) is 0 Å². The fourth-order valence-corrected chi connectivity index (χ4v) is 0.818. The van der Waals surface area contributed by atoms with Gasteiger partial charge in [0.15, 0.2) is 0 Å². The Kier molecular flexibility index (Phi) is 1.78. The lowest BCUT2D eigenvalue weighted by molar-refractivity contribution is 0.00970. The van der Waals surface area contributed by atoms with E-state index in [1.807, 2.05) is 0 Å². The van der Waals surface area contributed by atoms with Crippen LogP contribution in [0.15, 0.2) is 0 Å². The highest BCUT2D eigenvalue weighted by molar-refractivity contribution is 4.79. The summed E-state index contributed by atoms with van der Waals surface area (Å²) >= 11 is 0. The van der Waals surface area contributed by atoms with Crippen molar-refractivity contribution < 1.29 is 9.47 Å². The SMILES string of the molecule is COC(C)(C)CC1CO1. The van der Waals surface area contributed by atoms with Crippen molar-refractivity contribution in [2.75, 3.05) is 13.7 Å². The molecule has 1 fully saturated rings. The predicted octanol–water partition coefficient (Wildman–Crippen LogP) is 1.20.